The number of nitro benzene ring substituents is 1. The highest BCUT2D eigenvalue weighted by molar-refractivity contribution is 7.86. The van der Waals surface area contributed by atoms with Crippen LogP contribution in [0.3, 0.4) is 0 Å². The van der Waals surface area contributed by atoms with Crippen LogP contribution in [0.25, 0.3) is 0 Å². The Morgan fingerprint density at radius 1 is 1.00 bits per heavy atom. The summed E-state index contributed by atoms with van der Waals surface area (Å²) in [5.41, 5.74) is 0.675. The van der Waals surface area contributed by atoms with Crippen molar-refractivity contribution in [3.8, 4) is 5.75 Å². The second kappa shape index (κ2) is 9.26. The first-order chi connectivity index (χ1) is 14.6. The van der Waals surface area contributed by atoms with Crippen molar-refractivity contribution in [2.45, 2.75) is 42.5 Å². The van der Waals surface area contributed by atoms with E-state index in [1.54, 1.807) is 19.1 Å². The van der Waals surface area contributed by atoms with Crippen LogP contribution in [0.4, 0.5) is 5.69 Å². The van der Waals surface area contributed by atoms with E-state index in [-0.39, 0.29) is 16.3 Å². The third-order valence-corrected chi connectivity index (χ3v) is 5.96. The topological polar surface area (TPSA) is 166 Å². The number of nitro groups is 1. The molecule has 1 saturated heterocycles. The zero-order valence-electron chi connectivity index (χ0n) is 16.3. The van der Waals surface area contributed by atoms with Gasteiger partial charge in [0.05, 0.1) is 16.4 Å². The first-order valence-electron chi connectivity index (χ1n) is 9.15. The van der Waals surface area contributed by atoms with Crippen LogP contribution >= 0.6 is 0 Å². The number of aliphatic hydroxyl groups is 3. The van der Waals surface area contributed by atoms with Crippen LogP contribution in [0, 0.1) is 17.0 Å². The molecule has 0 aromatic heterocycles. The molecule has 0 bridgehead atoms. The lowest BCUT2D eigenvalue weighted by atomic mass is 9.99. The lowest BCUT2D eigenvalue weighted by Crippen LogP contribution is -2.60. The van der Waals surface area contributed by atoms with Gasteiger partial charge in [-0.2, -0.15) is 8.42 Å². The highest BCUT2D eigenvalue weighted by Gasteiger charge is 2.45. The normalized spacial score (nSPS) is 26.4. The number of ether oxygens (including phenoxy) is 2. The van der Waals surface area contributed by atoms with Crippen LogP contribution in [0.5, 0.6) is 5.75 Å². The molecule has 0 unspecified atom stereocenters. The average Bonchev–Trinajstić information content (AvgIpc) is 2.74. The van der Waals surface area contributed by atoms with Crippen LogP contribution in [0.15, 0.2) is 53.4 Å². The number of rotatable bonds is 7. The van der Waals surface area contributed by atoms with Gasteiger partial charge in [-0.3, -0.25) is 14.3 Å². The molecule has 3 rings (SSSR count). The average molecular weight is 455 g/mol. The molecule has 168 valence electrons. The summed E-state index contributed by atoms with van der Waals surface area (Å²) in [6, 6.07) is 10.8. The molecule has 5 atom stereocenters. The SMILES string of the molecule is Cc1ccc(S(=O)(=O)OC[C@H]2O[C@H](Oc3ccc([N+](=O)[O-])cc3)[C@@H](O)[C@@H](O)[C@@H]2O)cc1. The Morgan fingerprint density at radius 2 is 1.61 bits per heavy atom. The van der Waals surface area contributed by atoms with Gasteiger partial charge in [-0.05, 0) is 31.2 Å². The van der Waals surface area contributed by atoms with Gasteiger partial charge < -0.3 is 24.8 Å². The van der Waals surface area contributed by atoms with Crippen molar-refractivity contribution in [3.63, 3.8) is 0 Å². The summed E-state index contributed by atoms with van der Waals surface area (Å²) >= 11 is 0. The predicted molar refractivity (Wildman–Crippen MR) is 105 cm³/mol. The summed E-state index contributed by atoms with van der Waals surface area (Å²) in [5.74, 6) is 0.0881. The number of nitrogens with zero attached hydrogens (tertiary/aromatic N) is 1. The Balaban J connectivity index is 1.69. The minimum atomic E-state index is -4.16. The second-order valence-electron chi connectivity index (χ2n) is 6.94. The number of aryl methyl sites for hydroxylation is 1. The predicted octanol–water partition coefficient (Wildman–Crippen LogP) is 0.495. The van der Waals surface area contributed by atoms with Crippen molar-refractivity contribution in [1.29, 1.82) is 0 Å². The summed E-state index contributed by atoms with van der Waals surface area (Å²) in [4.78, 5) is 10.0. The van der Waals surface area contributed by atoms with Crippen LogP contribution in [-0.2, 0) is 19.0 Å². The van der Waals surface area contributed by atoms with Crippen LogP contribution in [-0.4, -0.2) is 66.0 Å². The summed E-state index contributed by atoms with van der Waals surface area (Å²) in [7, 11) is -4.16. The molecule has 0 saturated carbocycles. The lowest BCUT2D eigenvalue weighted by molar-refractivity contribution is -0.384. The number of hydrogen-bond acceptors (Lipinski definition) is 10. The van der Waals surface area contributed by atoms with E-state index in [1.165, 1.54) is 36.4 Å². The smallest absolute Gasteiger partial charge is 0.297 e. The van der Waals surface area contributed by atoms with Crippen molar-refractivity contribution in [2.75, 3.05) is 6.61 Å². The molecule has 3 N–H and O–H groups in total. The zero-order chi connectivity index (χ0) is 22.8. The van der Waals surface area contributed by atoms with Crippen LogP contribution in [0.2, 0.25) is 0 Å². The Kier molecular flexibility index (Phi) is 6.89. The second-order valence-corrected chi connectivity index (χ2v) is 8.55. The van der Waals surface area contributed by atoms with Gasteiger partial charge in [0.25, 0.3) is 15.8 Å². The van der Waals surface area contributed by atoms with Crippen molar-refractivity contribution >= 4 is 15.8 Å². The van der Waals surface area contributed by atoms with Gasteiger partial charge in [-0.1, -0.05) is 17.7 Å². The van der Waals surface area contributed by atoms with Crippen molar-refractivity contribution in [3.05, 3.63) is 64.2 Å². The van der Waals surface area contributed by atoms with Gasteiger partial charge >= 0.3 is 0 Å². The van der Waals surface area contributed by atoms with Crippen LogP contribution in [0.1, 0.15) is 5.56 Å². The quantitative estimate of drug-likeness (QED) is 0.304. The number of hydrogen-bond donors (Lipinski definition) is 3. The van der Waals surface area contributed by atoms with E-state index in [2.05, 4.69) is 0 Å². The van der Waals surface area contributed by atoms with E-state index in [0.29, 0.717) is 0 Å². The first-order valence-corrected chi connectivity index (χ1v) is 10.6. The Morgan fingerprint density at radius 3 is 2.19 bits per heavy atom. The first kappa shape index (κ1) is 23.1. The van der Waals surface area contributed by atoms with Gasteiger partial charge in [0.15, 0.2) is 0 Å². The summed E-state index contributed by atoms with van der Waals surface area (Å²) in [5, 5.41) is 41.1. The van der Waals surface area contributed by atoms with Crippen molar-refractivity contribution in [2.24, 2.45) is 0 Å². The maximum atomic E-state index is 12.3. The van der Waals surface area contributed by atoms with Gasteiger partial charge in [0.2, 0.25) is 6.29 Å². The molecule has 11 nitrogen and oxygen atoms in total. The minimum Gasteiger partial charge on any atom is -0.462 e. The highest BCUT2D eigenvalue weighted by atomic mass is 32.2. The largest absolute Gasteiger partial charge is 0.462 e. The van der Waals surface area contributed by atoms with Gasteiger partial charge in [-0.15, -0.1) is 0 Å². The van der Waals surface area contributed by atoms with Crippen molar-refractivity contribution < 1.29 is 42.3 Å². The molecule has 0 radical (unpaired) electrons. The van der Waals surface area contributed by atoms with E-state index in [9.17, 15) is 33.9 Å². The van der Waals surface area contributed by atoms with E-state index < -0.39 is 52.4 Å². The minimum absolute atomic E-state index is 0.0881. The zero-order valence-corrected chi connectivity index (χ0v) is 17.1. The summed E-state index contributed by atoms with van der Waals surface area (Å²) < 4.78 is 40.5. The maximum Gasteiger partial charge on any atom is 0.297 e. The molecule has 2 aromatic rings. The molecule has 1 aliphatic rings. The Bertz CT molecular complexity index is 1010. The molecule has 1 aliphatic heterocycles. The van der Waals surface area contributed by atoms with E-state index in [1.807, 2.05) is 0 Å². The number of benzene rings is 2. The molecule has 0 spiro atoms. The standard InChI is InChI=1S/C19H21NO10S/c1-11-2-8-14(9-3-11)31(26,27)28-10-15-16(21)17(22)18(23)19(30-15)29-13-6-4-12(5-7-13)20(24)25/h2-9,15-19,21-23H,10H2,1H3/t15-,16-,17+,18+,19+/m1/s1. The molecule has 12 heteroatoms. The fourth-order valence-electron chi connectivity index (χ4n) is 2.86. The van der Waals surface area contributed by atoms with Crippen LogP contribution < -0.4 is 4.74 Å². The number of non-ortho nitro benzene ring substituents is 1. The molecular weight excluding hydrogens is 434 g/mol. The Hall–Kier alpha value is -2.61. The summed E-state index contributed by atoms with van der Waals surface area (Å²) in [6.07, 6.45) is -7.88. The fourth-order valence-corrected chi connectivity index (χ4v) is 3.78. The lowest BCUT2D eigenvalue weighted by Gasteiger charge is -2.39. The van der Waals surface area contributed by atoms with Gasteiger partial charge in [0.1, 0.15) is 30.2 Å². The fraction of sp³-hybridized carbons (Fsp3) is 0.368. The molecule has 0 aliphatic carbocycles. The van der Waals surface area contributed by atoms with Crippen molar-refractivity contribution in [1.82, 2.24) is 0 Å². The van der Waals surface area contributed by atoms with E-state index >= 15 is 0 Å². The molecule has 1 fully saturated rings. The molecule has 31 heavy (non-hydrogen) atoms. The summed E-state index contributed by atoms with van der Waals surface area (Å²) in [6.45, 7) is 1.14. The third kappa shape index (κ3) is 5.36. The Labute approximate surface area is 177 Å². The van der Waals surface area contributed by atoms with E-state index in [0.717, 1.165) is 5.56 Å². The number of aliphatic hydroxyl groups excluding tert-OH is 3. The third-order valence-electron chi connectivity index (χ3n) is 4.67. The molecule has 1 heterocycles. The van der Waals surface area contributed by atoms with Gasteiger partial charge in [-0.25, -0.2) is 0 Å². The molecular formula is C19H21NO10S. The molecule has 0 amide bonds. The van der Waals surface area contributed by atoms with Gasteiger partial charge in [0, 0.05) is 12.1 Å². The maximum absolute atomic E-state index is 12.3. The highest BCUT2D eigenvalue weighted by Crippen LogP contribution is 2.26. The van der Waals surface area contributed by atoms with E-state index in [4.69, 9.17) is 13.7 Å². The molecule has 2 aromatic carbocycles. The monoisotopic (exact) mass is 455 g/mol.